The number of fused-ring (bicyclic) bond motifs is 1. The summed E-state index contributed by atoms with van der Waals surface area (Å²) in [6, 6.07) is -0.00815. The van der Waals surface area contributed by atoms with E-state index < -0.39 is 63.9 Å². The number of hydrogen-bond acceptors (Lipinski definition) is 17. The van der Waals surface area contributed by atoms with Crippen LogP contribution in [0, 0.1) is 0 Å². The van der Waals surface area contributed by atoms with Crippen LogP contribution in [0.1, 0.15) is 26.5 Å². The lowest BCUT2D eigenvalue weighted by atomic mass is 10.1. The molecule has 2 aromatic heterocycles. The van der Waals surface area contributed by atoms with E-state index in [2.05, 4.69) is 39.2 Å². The molecule has 43 heavy (non-hydrogen) atoms. The Balaban J connectivity index is 1.38. The summed E-state index contributed by atoms with van der Waals surface area (Å²) in [6.45, 7) is 0.991. The van der Waals surface area contributed by atoms with Gasteiger partial charge in [-0.15, -0.1) is 0 Å². The first-order chi connectivity index (χ1) is 20.5. The van der Waals surface area contributed by atoms with E-state index in [0.717, 1.165) is 6.42 Å². The minimum absolute atomic E-state index is 0.00815. The molecule has 0 aliphatic carbocycles. The Morgan fingerprint density at radius 2 is 1.88 bits per heavy atom. The summed E-state index contributed by atoms with van der Waals surface area (Å²) in [7, 11) is -4.76. The lowest BCUT2D eigenvalue weighted by molar-refractivity contribution is -0.206. The third-order valence-electron chi connectivity index (χ3n) is 5.97. The summed E-state index contributed by atoms with van der Waals surface area (Å²) in [6.07, 6.45) is -7.01. The number of carbonyl (C=O) groups excluding carboxylic acids is 2. The van der Waals surface area contributed by atoms with Gasteiger partial charge >= 0.3 is 26.4 Å². The van der Waals surface area contributed by atoms with Gasteiger partial charge in [-0.1, -0.05) is 0 Å². The van der Waals surface area contributed by atoms with Crippen LogP contribution in [-0.2, 0) is 42.2 Å². The van der Waals surface area contributed by atoms with E-state index in [1.165, 1.54) is 24.7 Å². The number of carbonyl (C=O) groups is 2. The Bertz CT molecular complexity index is 1290. The number of rotatable bonds is 13. The van der Waals surface area contributed by atoms with Crippen LogP contribution >= 0.6 is 19.2 Å². The smallest absolute Gasteiger partial charge is 0.434 e. The first-order valence-corrected chi connectivity index (χ1v) is 15.2. The predicted molar refractivity (Wildman–Crippen MR) is 141 cm³/mol. The van der Waals surface area contributed by atoms with Gasteiger partial charge in [-0.2, -0.15) is 9.97 Å². The monoisotopic (exact) mass is 655 g/mol. The summed E-state index contributed by atoms with van der Waals surface area (Å²) in [4.78, 5) is 46.1. The molecule has 19 nitrogen and oxygen atoms in total. The Morgan fingerprint density at radius 1 is 1.19 bits per heavy atom. The zero-order valence-corrected chi connectivity index (χ0v) is 24.6. The number of ether oxygens (including phenoxy) is 7. The largest absolute Gasteiger partial charge is 0.513 e. The van der Waals surface area contributed by atoms with Crippen LogP contribution in [0.5, 0.6) is 0 Å². The molecule has 0 spiro atoms. The van der Waals surface area contributed by atoms with Gasteiger partial charge in [0.05, 0.1) is 38.8 Å². The number of nitrogens with one attached hydrogen (secondary N) is 1. The summed E-state index contributed by atoms with van der Waals surface area (Å²) >= 11 is 6.13. The Labute approximate surface area is 248 Å². The van der Waals surface area contributed by atoms with Gasteiger partial charge < -0.3 is 53.6 Å². The number of halogens is 1. The van der Waals surface area contributed by atoms with Gasteiger partial charge in [-0.05, 0) is 31.9 Å². The highest BCUT2D eigenvalue weighted by Crippen LogP contribution is 2.44. The van der Waals surface area contributed by atoms with Crippen molar-refractivity contribution in [2.45, 2.75) is 57.3 Å². The zero-order chi connectivity index (χ0) is 31.1. The third-order valence-corrected chi connectivity index (χ3v) is 7.15. The standard InChI is InChI=1S/C22H31ClN5O14P/c1-3-37-20(31)40-22(41-21(32)38-4-2)42-43(33,34)10-36-8-12-14(29)15(30)18(39-12)28-9-24-13-16(25-11-5-6-35-7-11)26-19(23)27-17(13)28/h9,11-12,14-15,18,22,29-30H,3-8,10H2,1-2H3,(H,33,34)(H,25,26,27)/t11-,12+,14+,15+,18+/m0/s1. The molecule has 2 fully saturated rings. The molecule has 1 unspecified atom stereocenters. The molecule has 0 aromatic carbocycles. The molecule has 2 aliphatic rings. The van der Waals surface area contributed by atoms with Gasteiger partial charge in [0, 0.05) is 6.61 Å². The highest BCUT2D eigenvalue weighted by molar-refractivity contribution is 7.52. The normalized spacial score (nSPS) is 25.0. The van der Waals surface area contributed by atoms with E-state index in [0.29, 0.717) is 24.5 Å². The van der Waals surface area contributed by atoms with Gasteiger partial charge in [0.15, 0.2) is 23.2 Å². The van der Waals surface area contributed by atoms with Crippen molar-refractivity contribution in [1.29, 1.82) is 0 Å². The number of aliphatic hydroxyl groups excluding tert-OH is 2. The van der Waals surface area contributed by atoms with Crippen molar-refractivity contribution in [2.24, 2.45) is 0 Å². The maximum atomic E-state index is 12.5. The molecule has 0 amide bonds. The fourth-order valence-electron chi connectivity index (χ4n) is 4.09. The molecule has 0 saturated carbocycles. The van der Waals surface area contributed by atoms with Crippen molar-refractivity contribution in [1.82, 2.24) is 19.5 Å². The molecule has 4 rings (SSSR count). The fourth-order valence-corrected chi connectivity index (χ4v) is 5.01. The van der Waals surface area contributed by atoms with E-state index in [-0.39, 0.29) is 30.2 Å². The SMILES string of the molecule is CCOC(=O)OC(OC(=O)OCC)OP(=O)(O)COC[C@H]1O[C@@H](n2cnc3c(N[C@H]4CCOC4)nc(Cl)nc32)[C@H](O)[C@@H]1O. The first kappa shape index (κ1) is 33.0. The lowest BCUT2D eigenvalue weighted by Gasteiger charge is -2.21. The molecule has 2 aliphatic heterocycles. The van der Waals surface area contributed by atoms with E-state index in [4.69, 9.17) is 30.3 Å². The summed E-state index contributed by atoms with van der Waals surface area (Å²) < 4.78 is 53.2. The fraction of sp³-hybridized carbons (Fsp3) is 0.682. The number of aromatic nitrogens is 4. The van der Waals surface area contributed by atoms with E-state index in [1.807, 2.05) is 0 Å². The van der Waals surface area contributed by atoms with Crippen LogP contribution in [0.15, 0.2) is 6.33 Å². The molecule has 2 aromatic rings. The second-order valence-corrected chi connectivity index (χ2v) is 11.1. The van der Waals surface area contributed by atoms with Crippen LogP contribution in [0.4, 0.5) is 15.4 Å². The van der Waals surface area contributed by atoms with E-state index in [9.17, 15) is 29.3 Å². The average Bonchev–Trinajstić information content (AvgIpc) is 3.65. The minimum atomic E-state index is -4.76. The van der Waals surface area contributed by atoms with Crippen molar-refractivity contribution >= 4 is 48.5 Å². The number of anilines is 1. The molecule has 4 N–H and O–H groups in total. The second kappa shape index (κ2) is 14.7. The Kier molecular flexibility index (Phi) is 11.3. The van der Waals surface area contributed by atoms with Crippen LogP contribution in [0.25, 0.3) is 11.2 Å². The lowest BCUT2D eigenvalue weighted by Crippen LogP contribution is -2.34. The maximum absolute atomic E-state index is 12.5. The highest BCUT2D eigenvalue weighted by Gasteiger charge is 2.45. The van der Waals surface area contributed by atoms with Gasteiger partial charge in [0.1, 0.15) is 24.7 Å². The van der Waals surface area contributed by atoms with E-state index in [1.54, 1.807) is 0 Å². The Hall–Kier alpha value is -2.87. The van der Waals surface area contributed by atoms with Crippen molar-refractivity contribution in [2.75, 3.05) is 44.7 Å². The minimum Gasteiger partial charge on any atom is -0.434 e. The molecule has 6 atom stereocenters. The topological polar surface area (TPSA) is 241 Å². The van der Waals surface area contributed by atoms with Crippen molar-refractivity contribution < 1.29 is 66.9 Å². The number of aliphatic hydroxyl groups is 2. The molecule has 2 saturated heterocycles. The van der Waals surface area contributed by atoms with Gasteiger partial charge in [-0.25, -0.2) is 19.1 Å². The van der Waals surface area contributed by atoms with Gasteiger partial charge in [0.25, 0.3) is 0 Å². The van der Waals surface area contributed by atoms with E-state index >= 15 is 0 Å². The van der Waals surface area contributed by atoms with Crippen LogP contribution in [0.3, 0.4) is 0 Å². The van der Waals surface area contributed by atoms with Crippen LogP contribution in [-0.4, -0.2) is 117 Å². The van der Waals surface area contributed by atoms with Crippen LogP contribution < -0.4 is 5.32 Å². The van der Waals surface area contributed by atoms with Crippen molar-refractivity contribution in [3.63, 3.8) is 0 Å². The quantitative estimate of drug-likeness (QED) is 0.102. The van der Waals surface area contributed by atoms with Crippen molar-refractivity contribution in [3.05, 3.63) is 11.6 Å². The molecule has 4 heterocycles. The summed E-state index contributed by atoms with van der Waals surface area (Å²) in [5.74, 6) is 0.355. The highest BCUT2D eigenvalue weighted by atomic mass is 35.5. The van der Waals surface area contributed by atoms with Gasteiger partial charge in [0.2, 0.25) is 5.28 Å². The van der Waals surface area contributed by atoms with Crippen LogP contribution in [0.2, 0.25) is 5.28 Å². The molecule has 21 heteroatoms. The summed E-state index contributed by atoms with van der Waals surface area (Å²) in [5.41, 5.74) is 0.547. The Morgan fingerprint density at radius 3 is 2.51 bits per heavy atom. The molecular weight excluding hydrogens is 625 g/mol. The average molecular weight is 656 g/mol. The zero-order valence-electron chi connectivity index (χ0n) is 22.9. The third kappa shape index (κ3) is 8.62. The molecular formula is C22H31ClN5O14P. The first-order valence-electron chi connectivity index (χ1n) is 13.0. The number of nitrogens with zero attached hydrogens (tertiary/aromatic N) is 4. The molecule has 0 radical (unpaired) electrons. The maximum Gasteiger partial charge on any atom is 0.513 e. The number of hydrogen-bond donors (Lipinski definition) is 4. The number of imidazole rings is 1. The predicted octanol–water partition coefficient (Wildman–Crippen LogP) is 1.11. The second-order valence-electron chi connectivity index (χ2n) is 9.05. The summed E-state index contributed by atoms with van der Waals surface area (Å²) in [5, 5.41) is 24.4. The molecule has 0 bridgehead atoms. The van der Waals surface area contributed by atoms with Gasteiger partial charge in [-0.3, -0.25) is 9.13 Å². The molecule has 240 valence electrons. The van der Waals surface area contributed by atoms with Crippen molar-refractivity contribution in [3.8, 4) is 0 Å².